The topological polar surface area (TPSA) is 38.7 Å². The van der Waals surface area contributed by atoms with Crippen molar-refractivity contribution in [3.8, 4) is 5.75 Å². The molecule has 1 aliphatic carbocycles. The molecule has 0 saturated heterocycles. The van der Waals surface area contributed by atoms with Crippen LogP contribution in [0.4, 0.5) is 0 Å². The molecule has 0 aliphatic heterocycles. The van der Waals surface area contributed by atoms with Crippen molar-refractivity contribution in [2.75, 3.05) is 13.7 Å². The minimum absolute atomic E-state index is 0.432. The molecule has 1 fully saturated rings. The predicted octanol–water partition coefficient (Wildman–Crippen LogP) is 4.10. The molecule has 118 valence electrons. The molecule has 0 amide bonds. The number of methoxy groups -OCH3 is 1. The largest absolute Gasteiger partial charge is 0.494 e. The van der Waals surface area contributed by atoms with Gasteiger partial charge in [-0.2, -0.15) is 0 Å². The number of aliphatic hydroxyl groups excluding tert-OH is 1. The second-order valence-electron chi connectivity index (χ2n) is 6.27. The lowest BCUT2D eigenvalue weighted by Crippen LogP contribution is -2.41. The van der Waals surface area contributed by atoms with Crippen LogP contribution in [0.1, 0.15) is 57.6 Å². The number of ether oxygens (including phenoxy) is 2. The maximum absolute atomic E-state index is 10.8. The molecule has 1 atom stereocenters. The summed E-state index contributed by atoms with van der Waals surface area (Å²) in [5.74, 6) is 1.59. The molecule has 3 nitrogen and oxygen atoms in total. The van der Waals surface area contributed by atoms with E-state index in [1.807, 2.05) is 24.3 Å². The molecule has 1 unspecified atom stereocenters. The van der Waals surface area contributed by atoms with Crippen LogP contribution in [-0.4, -0.2) is 24.4 Å². The van der Waals surface area contributed by atoms with Crippen LogP contribution < -0.4 is 4.74 Å². The number of benzene rings is 1. The molecule has 0 heterocycles. The number of aliphatic hydroxyl groups is 1. The van der Waals surface area contributed by atoms with Gasteiger partial charge in [0.2, 0.25) is 0 Å². The highest BCUT2D eigenvalue weighted by Crippen LogP contribution is 2.42. The highest BCUT2D eigenvalue weighted by molar-refractivity contribution is 5.30. The molecule has 2 rings (SSSR count). The summed E-state index contributed by atoms with van der Waals surface area (Å²) >= 11 is 0. The summed E-state index contributed by atoms with van der Waals surface area (Å²) in [6.07, 6.45) is 4.48. The molecule has 1 N–H and O–H groups in total. The van der Waals surface area contributed by atoms with Gasteiger partial charge in [0.15, 0.2) is 0 Å². The summed E-state index contributed by atoms with van der Waals surface area (Å²) in [6.45, 7) is 5.08. The van der Waals surface area contributed by atoms with E-state index in [2.05, 4.69) is 13.8 Å². The van der Waals surface area contributed by atoms with E-state index in [0.29, 0.717) is 0 Å². The van der Waals surface area contributed by atoms with E-state index in [0.717, 1.165) is 55.9 Å². The first-order chi connectivity index (χ1) is 10.1. The molecule has 0 spiro atoms. The lowest BCUT2D eigenvalue weighted by atomic mass is 9.74. The first kappa shape index (κ1) is 16.3. The van der Waals surface area contributed by atoms with Crippen LogP contribution in [0.5, 0.6) is 5.75 Å². The summed E-state index contributed by atoms with van der Waals surface area (Å²) in [5, 5.41) is 10.8. The Kier molecular flexibility index (Phi) is 5.65. The Morgan fingerprint density at radius 1 is 1.24 bits per heavy atom. The van der Waals surface area contributed by atoms with Gasteiger partial charge in [-0.05, 0) is 55.7 Å². The van der Waals surface area contributed by atoms with Crippen LogP contribution in [0.3, 0.4) is 0 Å². The Balaban J connectivity index is 2.08. The van der Waals surface area contributed by atoms with Gasteiger partial charge in [-0.3, -0.25) is 0 Å². The Morgan fingerprint density at radius 2 is 1.86 bits per heavy atom. The van der Waals surface area contributed by atoms with Gasteiger partial charge in [-0.1, -0.05) is 26.0 Å². The van der Waals surface area contributed by atoms with E-state index in [1.165, 1.54) is 0 Å². The molecule has 21 heavy (non-hydrogen) atoms. The van der Waals surface area contributed by atoms with Crippen molar-refractivity contribution in [1.29, 1.82) is 0 Å². The van der Waals surface area contributed by atoms with Gasteiger partial charge in [-0.15, -0.1) is 0 Å². The molecule has 0 radical (unpaired) electrons. The van der Waals surface area contributed by atoms with E-state index in [9.17, 15) is 5.11 Å². The third-order valence-corrected chi connectivity index (χ3v) is 4.69. The monoisotopic (exact) mass is 292 g/mol. The summed E-state index contributed by atoms with van der Waals surface area (Å²) in [5.41, 5.74) is 0.480. The molecule has 1 saturated carbocycles. The summed E-state index contributed by atoms with van der Waals surface area (Å²) in [4.78, 5) is 0. The van der Waals surface area contributed by atoms with Crippen molar-refractivity contribution in [2.45, 2.75) is 57.7 Å². The Hall–Kier alpha value is -1.06. The maximum Gasteiger partial charge on any atom is 0.119 e. The first-order valence-corrected chi connectivity index (χ1v) is 8.07. The number of rotatable bonds is 6. The third-order valence-electron chi connectivity index (χ3n) is 4.69. The molecular weight excluding hydrogens is 264 g/mol. The van der Waals surface area contributed by atoms with E-state index < -0.39 is 11.7 Å². The van der Waals surface area contributed by atoms with Crippen molar-refractivity contribution in [1.82, 2.24) is 0 Å². The fourth-order valence-electron chi connectivity index (χ4n) is 3.11. The first-order valence-electron chi connectivity index (χ1n) is 8.07. The molecule has 1 aromatic carbocycles. The zero-order chi connectivity index (χ0) is 15.3. The van der Waals surface area contributed by atoms with Gasteiger partial charge in [0.05, 0.1) is 12.2 Å². The predicted molar refractivity (Wildman–Crippen MR) is 84.6 cm³/mol. The lowest BCUT2D eigenvalue weighted by Gasteiger charge is -2.41. The molecule has 3 heteroatoms. The van der Waals surface area contributed by atoms with Gasteiger partial charge in [0.25, 0.3) is 0 Å². The standard InChI is InChI=1S/C18H28O3/c1-4-13-21-16-7-5-15(6-8-16)17(19)18(20-3)11-9-14(2)10-12-18/h5-8,14,17,19H,4,9-13H2,1-3H3. The Labute approximate surface area is 128 Å². The van der Waals surface area contributed by atoms with Crippen LogP contribution in [-0.2, 0) is 4.74 Å². The smallest absolute Gasteiger partial charge is 0.119 e. The molecule has 1 aromatic rings. The fraction of sp³-hybridized carbons (Fsp3) is 0.667. The van der Waals surface area contributed by atoms with Gasteiger partial charge in [-0.25, -0.2) is 0 Å². The molecular formula is C18H28O3. The quantitative estimate of drug-likeness (QED) is 0.857. The van der Waals surface area contributed by atoms with Gasteiger partial charge >= 0.3 is 0 Å². The average molecular weight is 292 g/mol. The fourth-order valence-corrected chi connectivity index (χ4v) is 3.11. The van der Waals surface area contributed by atoms with Crippen molar-refractivity contribution in [2.24, 2.45) is 5.92 Å². The number of hydrogen-bond donors (Lipinski definition) is 1. The Morgan fingerprint density at radius 3 is 2.38 bits per heavy atom. The van der Waals surface area contributed by atoms with E-state index in [-0.39, 0.29) is 0 Å². The zero-order valence-electron chi connectivity index (χ0n) is 13.5. The third kappa shape index (κ3) is 3.78. The normalized spacial score (nSPS) is 27.3. The minimum atomic E-state index is -0.574. The van der Waals surface area contributed by atoms with Gasteiger partial charge in [0.1, 0.15) is 11.9 Å². The Bertz CT molecular complexity index is 419. The summed E-state index contributed by atoms with van der Waals surface area (Å²) in [6, 6.07) is 7.77. The second-order valence-corrected chi connectivity index (χ2v) is 6.27. The maximum atomic E-state index is 10.8. The SMILES string of the molecule is CCCOc1ccc(C(O)C2(OC)CCC(C)CC2)cc1. The van der Waals surface area contributed by atoms with Crippen LogP contribution >= 0.6 is 0 Å². The molecule has 1 aliphatic rings. The molecule has 0 aromatic heterocycles. The van der Waals surface area contributed by atoms with Crippen LogP contribution in [0, 0.1) is 5.92 Å². The highest BCUT2D eigenvalue weighted by atomic mass is 16.5. The van der Waals surface area contributed by atoms with E-state index >= 15 is 0 Å². The second kappa shape index (κ2) is 7.28. The lowest BCUT2D eigenvalue weighted by molar-refractivity contribution is -0.130. The molecule has 0 bridgehead atoms. The minimum Gasteiger partial charge on any atom is -0.494 e. The van der Waals surface area contributed by atoms with Crippen molar-refractivity contribution < 1.29 is 14.6 Å². The number of hydrogen-bond acceptors (Lipinski definition) is 3. The van der Waals surface area contributed by atoms with Crippen LogP contribution in [0.2, 0.25) is 0 Å². The van der Waals surface area contributed by atoms with Crippen molar-refractivity contribution in [3.63, 3.8) is 0 Å². The zero-order valence-corrected chi connectivity index (χ0v) is 13.5. The van der Waals surface area contributed by atoms with Crippen LogP contribution in [0.15, 0.2) is 24.3 Å². The van der Waals surface area contributed by atoms with Gasteiger partial charge in [0, 0.05) is 7.11 Å². The summed E-state index contributed by atoms with van der Waals surface area (Å²) in [7, 11) is 1.72. The van der Waals surface area contributed by atoms with Gasteiger partial charge < -0.3 is 14.6 Å². The summed E-state index contributed by atoms with van der Waals surface area (Å²) < 4.78 is 11.3. The van der Waals surface area contributed by atoms with E-state index in [4.69, 9.17) is 9.47 Å². The highest BCUT2D eigenvalue weighted by Gasteiger charge is 2.41. The van der Waals surface area contributed by atoms with Crippen molar-refractivity contribution >= 4 is 0 Å². The average Bonchev–Trinajstić information content (AvgIpc) is 2.54. The van der Waals surface area contributed by atoms with Crippen molar-refractivity contribution in [3.05, 3.63) is 29.8 Å². The van der Waals surface area contributed by atoms with E-state index in [1.54, 1.807) is 7.11 Å². The van der Waals surface area contributed by atoms with Crippen LogP contribution in [0.25, 0.3) is 0 Å².